The predicted molar refractivity (Wildman–Crippen MR) is 96.7 cm³/mol. The fraction of sp³-hybridized carbons (Fsp3) is 0.550. The number of likely N-dealkylation sites (tertiary alicyclic amines) is 1. The molecule has 1 aromatic carbocycles. The number of carbonyl (C=O) groups excluding carboxylic acids is 1. The number of para-hydroxylation sites is 1. The number of aromatic nitrogens is 1. The molecule has 0 unspecified atom stereocenters. The maximum Gasteiger partial charge on any atom is 0.220 e. The molecule has 0 bridgehead atoms. The van der Waals surface area contributed by atoms with E-state index in [-0.39, 0.29) is 5.91 Å². The molecule has 2 N–H and O–H groups in total. The number of nitrogens with zero attached hydrogens (tertiary/aromatic N) is 1. The molecule has 0 radical (unpaired) electrons. The van der Waals surface area contributed by atoms with Crippen molar-refractivity contribution in [1.82, 2.24) is 15.2 Å². The van der Waals surface area contributed by atoms with Gasteiger partial charge in [0.25, 0.3) is 0 Å². The van der Waals surface area contributed by atoms with E-state index in [1.54, 1.807) is 0 Å². The molecule has 1 aliphatic carbocycles. The molecule has 0 spiro atoms. The number of hydrogen-bond acceptors (Lipinski definition) is 2. The van der Waals surface area contributed by atoms with E-state index < -0.39 is 0 Å². The van der Waals surface area contributed by atoms with Crippen LogP contribution in [0.15, 0.2) is 30.3 Å². The molecule has 2 fully saturated rings. The number of rotatable bonds is 6. The first-order chi connectivity index (χ1) is 11.8. The van der Waals surface area contributed by atoms with Gasteiger partial charge in [-0.15, -0.1) is 0 Å². The highest BCUT2D eigenvalue weighted by atomic mass is 16.1. The number of benzene rings is 1. The third-order valence-corrected chi connectivity index (χ3v) is 5.41. The van der Waals surface area contributed by atoms with Crippen LogP contribution in [0.4, 0.5) is 0 Å². The van der Waals surface area contributed by atoms with Gasteiger partial charge in [-0.25, -0.2) is 0 Å². The van der Waals surface area contributed by atoms with Crippen molar-refractivity contribution in [2.75, 3.05) is 13.1 Å². The summed E-state index contributed by atoms with van der Waals surface area (Å²) in [6.07, 6.45) is 6.56. The van der Waals surface area contributed by atoms with Gasteiger partial charge in [-0.3, -0.25) is 9.69 Å². The molecule has 1 aliphatic heterocycles. The van der Waals surface area contributed by atoms with Gasteiger partial charge in [0.15, 0.2) is 0 Å². The van der Waals surface area contributed by atoms with Gasteiger partial charge < -0.3 is 10.3 Å². The van der Waals surface area contributed by atoms with Crippen molar-refractivity contribution in [3.63, 3.8) is 0 Å². The third-order valence-electron chi connectivity index (χ3n) is 5.41. The largest absolute Gasteiger partial charge is 0.357 e. The highest BCUT2D eigenvalue weighted by Gasteiger charge is 2.24. The molecule has 0 atom stereocenters. The summed E-state index contributed by atoms with van der Waals surface area (Å²) in [6.45, 7) is 3.29. The molecule has 4 heteroatoms. The Bertz CT molecular complexity index is 663. The second-order valence-corrected chi connectivity index (χ2v) is 7.48. The van der Waals surface area contributed by atoms with Gasteiger partial charge in [-0.1, -0.05) is 18.2 Å². The smallest absolute Gasteiger partial charge is 0.220 e. The zero-order valence-electron chi connectivity index (χ0n) is 14.3. The summed E-state index contributed by atoms with van der Waals surface area (Å²) in [5.41, 5.74) is 2.53. The van der Waals surface area contributed by atoms with Crippen molar-refractivity contribution in [2.45, 2.75) is 51.1 Å². The number of carbonyl (C=O) groups is 1. The number of H-pyrrole nitrogens is 1. The summed E-state index contributed by atoms with van der Waals surface area (Å²) < 4.78 is 0. The molecule has 4 rings (SSSR count). The number of aromatic amines is 1. The van der Waals surface area contributed by atoms with Gasteiger partial charge in [0.2, 0.25) is 5.91 Å². The molecular weight excluding hydrogens is 298 g/mol. The van der Waals surface area contributed by atoms with Crippen LogP contribution in [0, 0.1) is 5.92 Å². The standard InChI is InChI=1S/C20H27N3O/c24-20(22-17-6-7-17)8-5-15-9-11-23(12-10-15)14-18-13-16-3-1-2-4-19(16)21-18/h1-4,13,15,17,21H,5-12,14H2,(H,22,24). The van der Waals surface area contributed by atoms with Gasteiger partial charge in [0, 0.05) is 30.2 Å². The molecule has 1 amide bonds. The molecule has 2 heterocycles. The summed E-state index contributed by atoms with van der Waals surface area (Å²) in [5, 5.41) is 4.39. The van der Waals surface area contributed by atoms with Crippen LogP contribution in [0.25, 0.3) is 10.9 Å². The van der Waals surface area contributed by atoms with Crippen molar-refractivity contribution in [1.29, 1.82) is 0 Å². The third kappa shape index (κ3) is 3.99. The maximum absolute atomic E-state index is 11.8. The van der Waals surface area contributed by atoms with Crippen LogP contribution in [0.5, 0.6) is 0 Å². The highest BCUT2D eigenvalue weighted by Crippen LogP contribution is 2.24. The normalized spacial score (nSPS) is 19.7. The Balaban J connectivity index is 1.21. The van der Waals surface area contributed by atoms with Gasteiger partial charge in [0.05, 0.1) is 0 Å². The van der Waals surface area contributed by atoms with Crippen LogP contribution in [0.1, 0.15) is 44.2 Å². The number of amides is 1. The quantitative estimate of drug-likeness (QED) is 0.855. The lowest BCUT2D eigenvalue weighted by Crippen LogP contribution is -2.34. The van der Waals surface area contributed by atoms with Crippen molar-refractivity contribution in [3.8, 4) is 0 Å². The lowest BCUT2D eigenvalue weighted by Gasteiger charge is -2.31. The van der Waals surface area contributed by atoms with Crippen LogP contribution >= 0.6 is 0 Å². The summed E-state index contributed by atoms with van der Waals surface area (Å²) >= 11 is 0. The first-order valence-corrected chi connectivity index (χ1v) is 9.34. The minimum absolute atomic E-state index is 0.262. The van der Waals surface area contributed by atoms with E-state index in [4.69, 9.17) is 0 Å². The Kier molecular flexibility index (Phi) is 4.56. The van der Waals surface area contributed by atoms with Crippen molar-refractivity contribution >= 4 is 16.8 Å². The fourth-order valence-electron chi connectivity index (χ4n) is 3.76. The molecule has 128 valence electrons. The molecule has 4 nitrogen and oxygen atoms in total. The minimum Gasteiger partial charge on any atom is -0.357 e. The van der Waals surface area contributed by atoms with E-state index in [0.717, 1.165) is 26.1 Å². The van der Waals surface area contributed by atoms with Crippen molar-refractivity contribution in [2.24, 2.45) is 5.92 Å². The van der Waals surface area contributed by atoms with E-state index in [0.29, 0.717) is 18.4 Å². The average molecular weight is 325 g/mol. The molecule has 2 aromatic rings. The molecular formula is C20H27N3O. The van der Waals surface area contributed by atoms with Gasteiger partial charge in [-0.2, -0.15) is 0 Å². The second-order valence-electron chi connectivity index (χ2n) is 7.48. The Morgan fingerprint density at radius 1 is 1.17 bits per heavy atom. The number of piperidine rings is 1. The van der Waals surface area contributed by atoms with Gasteiger partial charge in [0.1, 0.15) is 0 Å². The van der Waals surface area contributed by atoms with Crippen LogP contribution < -0.4 is 5.32 Å². The van der Waals surface area contributed by atoms with E-state index in [1.165, 1.54) is 42.3 Å². The van der Waals surface area contributed by atoms with E-state index in [2.05, 4.69) is 45.5 Å². The number of nitrogens with one attached hydrogen (secondary N) is 2. The molecule has 24 heavy (non-hydrogen) atoms. The zero-order valence-corrected chi connectivity index (χ0v) is 14.3. The summed E-state index contributed by atoms with van der Waals surface area (Å²) in [6, 6.07) is 11.2. The Labute approximate surface area is 143 Å². The average Bonchev–Trinajstić information content (AvgIpc) is 3.31. The van der Waals surface area contributed by atoms with Crippen LogP contribution in [-0.2, 0) is 11.3 Å². The van der Waals surface area contributed by atoms with E-state index >= 15 is 0 Å². The van der Waals surface area contributed by atoms with Crippen molar-refractivity contribution in [3.05, 3.63) is 36.0 Å². The topological polar surface area (TPSA) is 48.1 Å². The lowest BCUT2D eigenvalue weighted by molar-refractivity contribution is -0.121. The first kappa shape index (κ1) is 15.7. The van der Waals surface area contributed by atoms with E-state index in [1.807, 2.05) is 0 Å². The zero-order chi connectivity index (χ0) is 16.4. The van der Waals surface area contributed by atoms with Gasteiger partial charge >= 0.3 is 0 Å². The highest BCUT2D eigenvalue weighted by molar-refractivity contribution is 5.80. The predicted octanol–water partition coefficient (Wildman–Crippen LogP) is 3.44. The number of hydrogen-bond donors (Lipinski definition) is 2. The molecule has 1 aromatic heterocycles. The number of fused-ring (bicyclic) bond motifs is 1. The van der Waals surface area contributed by atoms with Crippen molar-refractivity contribution < 1.29 is 4.79 Å². The van der Waals surface area contributed by atoms with Crippen LogP contribution in [-0.4, -0.2) is 34.9 Å². The summed E-state index contributed by atoms with van der Waals surface area (Å²) in [4.78, 5) is 17.9. The maximum atomic E-state index is 11.8. The minimum atomic E-state index is 0.262. The Hall–Kier alpha value is -1.81. The van der Waals surface area contributed by atoms with Crippen LogP contribution in [0.3, 0.4) is 0 Å². The molecule has 2 aliphatic rings. The van der Waals surface area contributed by atoms with Crippen LogP contribution in [0.2, 0.25) is 0 Å². The first-order valence-electron chi connectivity index (χ1n) is 9.34. The molecule has 1 saturated heterocycles. The summed E-state index contributed by atoms with van der Waals surface area (Å²) in [5.74, 6) is 0.979. The molecule has 1 saturated carbocycles. The SMILES string of the molecule is O=C(CCC1CCN(Cc2cc3ccccc3[nH]2)CC1)NC1CC1. The van der Waals surface area contributed by atoms with Gasteiger partial charge in [-0.05, 0) is 68.6 Å². The van der Waals surface area contributed by atoms with E-state index in [9.17, 15) is 4.79 Å². The lowest BCUT2D eigenvalue weighted by atomic mass is 9.92. The Morgan fingerprint density at radius 3 is 2.71 bits per heavy atom. The fourth-order valence-corrected chi connectivity index (χ4v) is 3.76. The monoisotopic (exact) mass is 325 g/mol. The summed E-state index contributed by atoms with van der Waals surface area (Å²) in [7, 11) is 0. The second kappa shape index (κ2) is 6.98. The Morgan fingerprint density at radius 2 is 1.96 bits per heavy atom.